The Hall–Kier alpha value is 0.460. The van der Waals surface area contributed by atoms with Gasteiger partial charge < -0.3 is 9.79 Å². The Morgan fingerprint density at radius 3 is 2.71 bits per heavy atom. The summed E-state index contributed by atoms with van der Waals surface area (Å²) in [7, 11) is -3.89. The maximum Gasteiger partial charge on any atom is 0.339 e. The highest BCUT2D eigenvalue weighted by Gasteiger charge is 2.27. The number of thioether (sulfide) groups is 1. The zero-order valence-electron chi connectivity index (χ0n) is 8.43. The first-order chi connectivity index (χ1) is 6.53. The van der Waals surface area contributed by atoms with Crippen molar-refractivity contribution in [2.45, 2.75) is 25.8 Å². The number of hydrogen-bond acceptors (Lipinski definition) is 3. The average molecular weight is 239 g/mol. The smallest absolute Gasteiger partial charge is 0.324 e. The first-order valence-electron chi connectivity index (χ1n) is 4.89. The van der Waals surface area contributed by atoms with Gasteiger partial charge in [0.05, 0.1) is 0 Å². The van der Waals surface area contributed by atoms with Gasteiger partial charge in [-0.1, -0.05) is 6.92 Å². The van der Waals surface area contributed by atoms with Gasteiger partial charge in [0.25, 0.3) is 0 Å². The molecule has 0 aromatic rings. The highest BCUT2D eigenvalue weighted by atomic mass is 32.2. The van der Waals surface area contributed by atoms with E-state index in [1.54, 1.807) is 0 Å². The number of rotatable bonds is 5. The van der Waals surface area contributed by atoms with Crippen LogP contribution in [-0.2, 0) is 4.57 Å². The predicted octanol–water partition coefficient (Wildman–Crippen LogP) is 1.34. The lowest BCUT2D eigenvalue weighted by Gasteiger charge is -2.27. The molecule has 14 heavy (non-hydrogen) atoms. The second-order valence-electron chi connectivity index (χ2n) is 3.64. The van der Waals surface area contributed by atoms with Gasteiger partial charge in [-0.25, -0.2) is 0 Å². The fraction of sp³-hybridized carbons (Fsp3) is 1.00. The molecule has 2 N–H and O–H groups in total. The molecule has 1 saturated heterocycles. The third-order valence-electron chi connectivity index (χ3n) is 2.30. The van der Waals surface area contributed by atoms with E-state index in [-0.39, 0.29) is 6.29 Å². The molecule has 0 spiro atoms. The lowest BCUT2D eigenvalue weighted by Crippen LogP contribution is -2.36. The van der Waals surface area contributed by atoms with Crippen LogP contribution in [0.15, 0.2) is 0 Å². The van der Waals surface area contributed by atoms with Crippen LogP contribution in [-0.4, -0.2) is 45.1 Å². The minimum absolute atomic E-state index is 0.0773. The third-order valence-corrected chi connectivity index (χ3v) is 4.18. The van der Waals surface area contributed by atoms with E-state index in [0.29, 0.717) is 6.04 Å². The Kier molecular flexibility index (Phi) is 4.94. The number of nitrogens with zero attached hydrogens (tertiary/aromatic N) is 1. The summed E-state index contributed by atoms with van der Waals surface area (Å²) < 4.78 is 10.9. The minimum atomic E-state index is -3.89. The van der Waals surface area contributed by atoms with Crippen LogP contribution in [0.2, 0.25) is 0 Å². The van der Waals surface area contributed by atoms with Crippen LogP contribution in [0.3, 0.4) is 0 Å². The van der Waals surface area contributed by atoms with E-state index in [2.05, 4.69) is 0 Å². The molecule has 1 heterocycles. The minimum Gasteiger partial charge on any atom is -0.324 e. The molecule has 0 aromatic carbocycles. The highest BCUT2D eigenvalue weighted by molar-refractivity contribution is 7.99. The molecule has 4 nitrogen and oxygen atoms in total. The summed E-state index contributed by atoms with van der Waals surface area (Å²) in [6.07, 6.45) is 1.93. The second kappa shape index (κ2) is 5.52. The van der Waals surface area contributed by atoms with E-state index >= 15 is 0 Å². The third kappa shape index (κ3) is 4.32. The van der Waals surface area contributed by atoms with Crippen LogP contribution < -0.4 is 0 Å². The van der Waals surface area contributed by atoms with Gasteiger partial charge >= 0.3 is 7.60 Å². The Labute approximate surface area is 89.2 Å². The van der Waals surface area contributed by atoms with Crippen molar-refractivity contribution in [1.29, 1.82) is 0 Å². The summed E-state index contributed by atoms with van der Waals surface area (Å²) >= 11 is 1.87. The summed E-state index contributed by atoms with van der Waals surface area (Å²) in [5.74, 6) is 2.13. The van der Waals surface area contributed by atoms with Crippen molar-refractivity contribution in [3.05, 3.63) is 0 Å². The van der Waals surface area contributed by atoms with E-state index in [4.69, 9.17) is 9.79 Å². The molecule has 1 fully saturated rings. The Morgan fingerprint density at radius 1 is 1.57 bits per heavy atom. The van der Waals surface area contributed by atoms with Crippen LogP contribution >= 0.6 is 19.4 Å². The van der Waals surface area contributed by atoms with Crippen molar-refractivity contribution in [2.24, 2.45) is 0 Å². The molecule has 0 saturated carbocycles. The van der Waals surface area contributed by atoms with Gasteiger partial charge in [0, 0.05) is 11.8 Å². The lowest BCUT2D eigenvalue weighted by atomic mass is 10.2. The molecule has 0 aromatic heterocycles. The van der Waals surface area contributed by atoms with Gasteiger partial charge in [0.15, 0.2) is 0 Å². The van der Waals surface area contributed by atoms with Crippen LogP contribution in [0.5, 0.6) is 0 Å². The molecule has 0 amide bonds. The summed E-state index contributed by atoms with van der Waals surface area (Å²) in [5, 5.41) is 0. The van der Waals surface area contributed by atoms with Gasteiger partial charge in [-0.05, 0) is 25.1 Å². The average Bonchev–Trinajstić information content (AvgIpc) is 2.52. The van der Waals surface area contributed by atoms with Crippen LogP contribution in [0, 0.1) is 0 Å². The first kappa shape index (κ1) is 12.5. The summed E-state index contributed by atoms with van der Waals surface area (Å²) in [4.78, 5) is 19.8. The maximum absolute atomic E-state index is 10.9. The lowest BCUT2D eigenvalue weighted by molar-refractivity contribution is 0.225. The molecule has 0 radical (unpaired) electrons. The molecular weight excluding hydrogens is 221 g/mol. The SMILES string of the molecule is CCCN(CP(=O)(O)O)C1CCSC1. The summed E-state index contributed by atoms with van der Waals surface area (Å²) in [6, 6.07) is 0.368. The van der Waals surface area contributed by atoms with Crippen LogP contribution in [0.4, 0.5) is 0 Å². The van der Waals surface area contributed by atoms with Gasteiger partial charge in [-0.2, -0.15) is 11.8 Å². The van der Waals surface area contributed by atoms with Gasteiger partial charge in [-0.3, -0.25) is 9.46 Å². The Bertz CT molecular complexity index is 215. The quantitative estimate of drug-likeness (QED) is 0.709. The van der Waals surface area contributed by atoms with Crippen molar-refractivity contribution in [3.8, 4) is 0 Å². The van der Waals surface area contributed by atoms with E-state index in [1.807, 2.05) is 23.6 Å². The van der Waals surface area contributed by atoms with Crippen molar-refractivity contribution in [3.63, 3.8) is 0 Å². The zero-order valence-corrected chi connectivity index (χ0v) is 10.1. The first-order valence-corrected chi connectivity index (χ1v) is 7.84. The van der Waals surface area contributed by atoms with Gasteiger partial charge in [-0.15, -0.1) is 0 Å². The van der Waals surface area contributed by atoms with Crippen LogP contribution in [0.25, 0.3) is 0 Å². The van der Waals surface area contributed by atoms with E-state index in [9.17, 15) is 4.57 Å². The predicted molar refractivity (Wildman–Crippen MR) is 59.6 cm³/mol. The highest BCUT2D eigenvalue weighted by Crippen LogP contribution is 2.37. The molecule has 84 valence electrons. The molecule has 0 bridgehead atoms. The monoisotopic (exact) mass is 239 g/mol. The Morgan fingerprint density at radius 2 is 2.29 bits per heavy atom. The topological polar surface area (TPSA) is 60.8 Å². The zero-order chi connectivity index (χ0) is 10.6. The molecular formula is C8H18NO3PS. The fourth-order valence-electron chi connectivity index (χ4n) is 1.70. The molecule has 1 unspecified atom stereocenters. The summed E-state index contributed by atoms with van der Waals surface area (Å²) in [6.45, 7) is 2.82. The van der Waals surface area contributed by atoms with Crippen molar-refractivity contribution < 1.29 is 14.4 Å². The van der Waals surface area contributed by atoms with Crippen molar-refractivity contribution in [1.82, 2.24) is 4.90 Å². The van der Waals surface area contributed by atoms with Crippen molar-refractivity contribution >= 4 is 19.4 Å². The van der Waals surface area contributed by atoms with Crippen molar-refractivity contribution in [2.75, 3.05) is 24.3 Å². The van der Waals surface area contributed by atoms with Gasteiger partial charge in [0.2, 0.25) is 0 Å². The molecule has 1 atom stereocenters. The normalized spacial score (nSPS) is 23.3. The largest absolute Gasteiger partial charge is 0.339 e. The Balaban J connectivity index is 2.49. The second-order valence-corrected chi connectivity index (χ2v) is 6.40. The molecule has 6 heteroatoms. The molecule has 1 aliphatic heterocycles. The van der Waals surface area contributed by atoms with E-state index in [0.717, 1.165) is 30.9 Å². The maximum atomic E-state index is 10.9. The fourth-order valence-corrected chi connectivity index (χ4v) is 3.80. The summed E-state index contributed by atoms with van der Waals surface area (Å²) in [5.41, 5.74) is 0. The van der Waals surface area contributed by atoms with E-state index in [1.165, 1.54) is 0 Å². The molecule has 1 rings (SSSR count). The molecule has 1 aliphatic rings. The molecule has 0 aliphatic carbocycles. The number of hydrogen-bond donors (Lipinski definition) is 2. The van der Waals surface area contributed by atoms with Crippen LogP contribution in [0.1, 0.15) is 19.8 Å². The standard InChI is InChI=1S/C8H18NO3PS/c1-2-4-9(7-13(10,11)12)8-3-5-14-6-8/h8H,2-7H2,1H3,(H2,10,11,12). The van der Waals surface area contributed by atoms with Gasteiger partial charge in [0.1, 0.15) is 6.29 Å². The van der Waals surface area contributed by atoms with E-state index < -0.39 is 7.60 Å².